The maximum absolute atomic E-state index is 11.6. The number of ketones is 1. The molecule has 0 unspecified atom stereocenters. The molecule has 0 atom stereocenters. The van der Waals surface area contributed by atoms with Crippen molar-refractivity contribution in [3.63, 3.8) is 0 Å². The summed E-state index contributed by atoms with van der Waals surface area (Å²) in [6.07, 6.45) is 9.79. The van der Waals surface area contributed by atoms with Gasteiger partial charge in [0, 0.05) is 25.2 Å². The molecular weight excluding hydrogens is 186 g/mol. The number of aromatic nitrogens is 1. The number of hydrogen-bond donors (Lipinski definition) is 0. The van der Waals surface area contributed by atoms with Crippen LogP contribution in [0.2, 0.25) is 0 Å². The molecule has 0 N–H and O–H groups in total. The van der Waals surface area contributed by atoms with Gasteiger partial charge in [0.15, 0.2) is 0 Å². The Morgan fingerprint density at radius 2 is 2.33 bits per heavy atom. The lowest BCUT2D eigenvalue weighted by Gasteiger charge is -2.24. The summed E-state index contributed by atoms with van der Waals surface area (Å²) in [5.74, 6) is 1.12. The molecular formula is C13H17NO. The molecule has 1 aromatic heterocycles. The molecule has 0 spiro atoms. The fraction of sp³-hybridized carbons (Fsp3) is 0.538. The van der Waals surface area contributed by atoms with E-state index in [1.807, 2.05) is 18.3 Å². The van der Waals surface area contributed by atoms with Crippen molar-refractivity contribution in [3.05, 3.63) is 30.1 Å². The number of carbonyl (C=O) groups excluding carboxylic acids is 1. The first-order valence-corrected chi connectivity index (χ1v) is 5.75. The minimum absolute atomic E-state index is 0.420. The zero-order chi connectivity index (χ0) is 10.5. The van der Waals surface area contributed by atoms with Gasteiger partial charge in [-0.1, -0.05) is 25.3 Å². The van der Waals surface area contributed by atoms with Gasteiger partial charge in [-0.2, -0.15) is 0 Å². The molecule has 0 saturated heterocycles. The summed E-state index contributed by atoms with van der Waals surface area (Å²) in [4.78, 5) is 15.6. The highest BCUT2D eigenvalue weighted by Gasteiger charge is 2.20. The minimum Gasteiger partial charge on any atom is -0.300 e. The van der Waals surface area contributed by atoms with Crippen LogP contribution >= 0.6 is 0 Å². The minimum atomic E-state index is 0.420. The number of rotatable bonds is 5. The lowest BCUT2D eigenvalue weighted by Crippen LogP contribution is -2.16. The molecule has 0 radical (unpaired) electrons. The third-order valence-electron chi connectivity index (χ3n) is 3.16. The molecule has 80 valence electrons. The predicted molar refractivity (Wildman–Crippen MR) is 59.5 cm³/mol. The average molecular weight is 203 g/mol. The topological polar surface area (TPSA) is 30.0 Å². The SMILES string of the molecule is O=C(CCc1cccnc1)CC1CCC1. The van der Waals surface area contributed by atoms with Crippen molar-refractivity contribution in [3.8, 4) is 0 Å². The van der Waals surface area contributed by atoms with Gasteiger partial charge in [0.25, 0.3) is 0 Å². The Hall–Kier alpha value is -1.18. The van der Waals surface area contributed by atoms with Crippen LogP contribution in [-0.2, 0) is 11.2 Å². The monoisotopic (exact) mass is 203 g/mol. The normalized spacial score (nSPS) is 16.0. The van der Waals surface area contributed by atoms with E-state index in [1.165, 1.54) is 24.8 Å². The summed E-state index contributed by atoms with van der Waals surface area (Å²) in [5, 5.41) is 0. The zero-order valence-electron chi connectivity index (χ0n) is 8.98. The standard InChI is InChI=1S/C13H17NO/c15-13(9-11-3-1-4-11)7-6-12-5-2-8-14-10-12/h2,5,8,10-11H,1,3-4,6-7,9H2. The smallest absolute Gasteiger partial charge is 0.133 e. The third kappa shape index (κ3) is 3.15. The third-order valence-corrected chi connectivity index (χ3v) is 3.16. The van der Waals surface area contributed by atoms with Crippen LogP contribution in [0.25, 0.3) is 0 Å². The number of carbonyl (C=O) groups is 1. The zero-order valence-corrected chi connectivity index (χ0v) is 8.98. The highest BCUT2D eigenvalue weighted by atomic mass is 16.1. The van der Waals surface area contributed by atoms with Crippen molar-refractivity contribution < 1.29 is 4.79 Å². The highest BCUT2D eigenvalue weighted by Crippen LogP contribution is 2.29. The second-order valence-corrected chi connectivity index (χ2v) is 4.40. The van der Waals surface area contributed by atoms with Crippen LogP contribution in [0.5, 0.6) is 0 Å². The fourth-order valence-electron chi connectivity index (χ4n) is 1.95. The first-order valence-electron chi connectivity index (χ1n) is 5.75. The Morgan fingerprint density at radius 3 is 2.93 bits per heavy atom. The van der Waals surface area contributed by atoms with Crippen molar-refractivity contribution in [2.24, 2.45) is 5.92 Å². The molecule has 2 nitrogen and oxygen atoms in total. The first-order chi connectivity index (χ1) is 7.34. The molecule has 1 saturated carbocycles. The molecule has 1 aromatic rings. The highest BCUT2D eigenvalue weighted by molar-refractivity contribution is 5.78. The van der Waals surface area contributed by atoms with Gasteiger partial charge in [0.2, 0.25) is 0 Å². The van der Waals surface area contributed by atoms with E-state index in [0.717, 1.165) is 12.8 Å². The lowest BCUT2D eigenvalue weighted by molar-refractivity contribution is -0.120. The molecule has 0 aliphatic heterocycles. The van der Waals surface area contributed by atoms with E-state index >= 15 is 0 Å². The second-order valence-electron chi connectivity index (χ2n) is 4.40. The van der Waals surface area contributed by atoms with Gasteiger partial charge < -0.3 is 0 Å². The van der Waals surface area contributed by atoms with E-state index in [0.29, 0.717) is 18.1 Å². The number of nitrogens with zero attached hydrogens (tertiary/aromatic N) is 1. The second kappa shape index (κ2) is 5.06. The molecule has 1 heterocycles. The van der Waals surface area contributed by atoms with Crippen LogP contribution in [0.4, 0.5) is 0 Å². The molecule has 0 bridgehead atoms. The van der Waals surface area contributed by atoms with Crippen molar-refractivity contribution in [2.45, 2.75) is 38.5 Å². The van der Waals surface area contributed by atoms with E-state index in [-0.39, 0.29) is 0 Å². The molecule has 1 aliphatic rings. The molecule has 1 fully saturated rings. The summed E-state index contributed by atoms with van der Waals surface area (Å²) in [6.45, 7) is 0. The van der Waals surface area contributed by atoms with Gasteiger partial charge in [-0.05, 0) is 24.0 Å². The molecule has 0 amide bonds. The number of aryl methyl sites for hydroxylation is 1. The lowest BCUT2D eigenvalue weighted by atomic mass is 9.81. The van der Waals surface area contributed by atoms with E-state index in [9.17, 15) is 4.79 Å². The molecule has 15 heavy (non-hydrogen) atoms. The van der Waals surface area contributed by atoms with Gasteiger partial charge in [0.1, 0.15) is 5.78 Å². The Labute approximate surface area is 90.7 Å². The Morgan fingerprint density at radius 1 is 1.47 bits per heavy atom. The summed E-state index contributed by atoms with van der Waals surface area (Å²) >= 11 is 0. The van der Waals surface area contributed by atoms with Crippen LogP contribution in [0.15, 0.2) is 24.5 Å². The van der Waals surface area contributed by atoms with Gasteiger partial charge >= 0.3 is 0 Å². The number of hydrogen-bond acceptors (Lipinski definition) is 2. The molecule has 0 aromatic carbocycles. The van der Waals surface area contributed by atoms with E-state index in [4.69, 9.17) is 0 Å². The van der Waals surface area contributed by atoms with Gasteiger partial charge in [-0.15, -0.1) is 0 Å². The van der Waals surface area contributed by atoms with Crippen LogP contribution < -0.4 is 0 Å². The van der Waals surface area contributed by atoms with Crippen LogP contribution in [0.3, 0.4) is 0 Å². The van der Waals surface area contributed by atoms with Crippen LogP contribution in [0.1, 0.15) is 37.7 Å². The average Bonchev–Trinajstić information content (AvgIpc) is 2.22. The largest absolute Gasteiger partial charge is 0.300 e. The Kier molecular flexibility index (Phi) is 3.49. The molecule has 2 rings (SSSR count). The first kappa shape index (κ1) is 10.3. The Bertz CT molecular complexity index is 317. The summed E-state index contributed by atoms with van der Waals surface area (Å²) in [5.41, 5.74) is 1.17. The number of pyridine rings is 1. The quantitative estimate of drug-likeness (QED) is 0.736. The van der Waals surface area contributed by atoms with Crippen molar-refractivity contribution >= 4 is 5.78 Å². The molecule has 1 aliphatic carbocycles. The summed E-state index contributed by atoms with van der Waals surface area (Å²) < 4.78 is 0. The summed E-state index contributed by atoms with van der Waals surface area (Å²) in [6, 6.07) is 3.95. The maximum Gasteiger partial charge on any atom is 0.133 e. The predicted octanol–water partition coefficient (Wildman–Crippen LogP) is 2.77. The van der Waals surface area contributed by atoms with Crippen molar-refractivity contribution in [1.29, 1.82) is 0 Å². The van der Waals surface area contributed by atoms with Gasteiger partial charge in [-0.3, -0.25) is 9.78 Å². The van der Waals surface area contributed by atoms with E-state index in [1.54, 1.807) is 6.20 Å². The van der Waals surface area contributed by atoms with Crippen molar-refractivity contribution in [2.75, 3.05) is 0 Å². The Balaban J connectivity index is 1.71. The fourth-order valence-corrected chi connectivity index (χ4v) is 1.95. The van der Waals surface area contributed by atoms with E-state index in [2.05, 4.69) is 4.98 Å². The van der Waals surface area contributed by atoms with Gasteiger partial charge in [-0.25, -0.2) is 0 Å². The maximum atomic E-state index is 11.6. The van der Waals surface area contributed by atoms with Gasteiger partial charge in [0.05, 0.1) is 0 Å². The van der Waals surface area contributed by atoms with E-state index < -0.39 is 0 Å². The number of Topliss-reactive ketones (excluding diaryl/α,β-unsaturated/α-hetero) is 1. The van der Waals surface area contributed by atoms with Crippen LogP contribution in [-0.4, -0.2) is 10.8 Å². The van der Waals surface area contributed by atoms with Crippen molar-refractivity contribution in [1.82, 2.24) is 4.98 Å². The summed E-state index contributed by atoms with van der Waals surface area (Å²) in [7, 11) is 0. The van der Waals surface area contributed by atoms with Crippen LogP contribution in [0, 0.1) is 5.92 Å². The molecule has 2 heteroatoms.